The molecule has 7 nitrogen and oxygen atoms in total. The van der Waals surface area contributed by atoms with E-state index in [1.54, 1.807) is 24.0 Å². The number of pyridine rings is 2. The predicted octanol–water partition coefficient (Wildman–Crippen LogP) is 4.51. The number of nitrogens with one attached hydrogen (secondary N) is 1. The molecule has 3 aromatic heterocycles. The number of halogens is 4. The number of carbonyl (C=O) groups is 1. The van der Waals surface area contributed by atoms with Gasteiger partial charge in [0.05, 0.1) is 23.5 Å². The summed E-state index contributed by atoms with van der Waals surface area (Å²) in [5, 5.41) is 3.06. The molecule has 11 heteroatoms. The number of piperidine rings is 1. The lowest BCUT2D eigenvalue weighted by atomic mass is 9.95. The average Bonchev–Trinajstić information content (AvgIpc) is 3.41. The van der Waals surface area contributed by atoms with Crippen molar-refractivity contribution in [1.82, 2.24) is 24.8 Å². The first-order chi connectivity index (χ1) is 16.7. The molecule has 35 heavy (non-hydrogen) atoms. The highest BCUT2D eigenvalue weighted by Crippen LogP contribution is 2.47. The van der Waals surface area contributed by atoms with E-state index in [4.69, 9.17) is 0 Å². The second kappa shape index (κ2) is 8.54. The Morgan fingerprint density at radius 3 is 2.69 bits per heavy atom. The third-order valence-electron chi connectivity index (χ3n) is 6.73. The van der Waals surface area contributed by atoms with E-state index >= 15 is 0 Å². The highest BCUT2D eigenvalue weighted by Gasteiger charge is 2.52. The maximum atomic E-state index is 14.5. The van der Waals surface area contributed by atoms with Gasteiger partial charge >= 0.3 is 6.18 Å². The molecule has 182 valence electrons. The lowest BCUT2D eigenvalue weighted by molar-refractivity contribution is -0.141. The number of rotatable bonds is 5. The maximum absolute atomic E-state index is 14.5. The molecule has 2 aliphatic rings. The number of anilines is 1. The van der Waals surface area contributed by atoms with Gasteiger partial charge in [-0.1, -0.05) is 0 Å². The molecule has 1 N–H and O–H groups in total. The average molecular weight is 486 g/mol. The number of nitrogens with zero attached hydrogens (tertiary/aromatic N) is 5. The van der Waals surface area contributed by atoms with Gasteiger partial charge < -0.3 is 10.2 Å². The number of hydrogen-bond acceptors (Lipinski definition) is 6. The van der Waals surface area contributed by atoms with Crippen molar-refractivity contribution in [3.8, 4) is 11.4 Å². The van der Waals surface area contributed by atoms with Crippen LogP contribution >= 0.6 is 0 Å². The van der Waals surface area contributed by atoms with Gasteiger partial charge in [-0.3, -0.25) is 14.8 Å². The zero-order valence-corrected chi connectivity index (χ0v) is 18.8. The van der Waals surface area contributed by atoms with Crippen LogP contribution < -0.4 is 5.32 Å². The van der Waals surface area contributed by atoms with Crippen LogP contribution in [-0.2, 0) is 6.18 Å². The number of alkyl halides is 3. The van der Waals surface area contributed by atoms with Crippen molar-refractivity contribution < 1.29 is 22.4 Å². The molecule has 1 aliphatic carbocycles. The van der Waals surface area contributed by atoms with Crippen molar-refractivity contribution in [2.24, 2.45) is 5.92 Å². The fourth-order valence-corrected chi connectivity index (χ4v) is 5.06. The predicted molar refractivity (Wildman–Crippen MR) is 119 cm³/mol. The molecule has 1 aliphatic heterocycles. The Bertz CT molecular complexity index is 1270. The van der Waals surface area contributed by atoms with Gasteiger partial charge in [-0.15, -0.1) is 0 Å². The third-order valence-corrected chi connectivity index (χ3v) is 6.73. The maximum Gasteiger partial charge on any atom is 0.434 e. The van der Waals surface area contributed by atoms with Gasteiger partial charge in [0.15, 0.2) is 11.5 Å². The molecule has 1 saturated carbocycles. The Morgan fingerprint density at radius 1 is 1.17 bits per heavy atom. The van der Waals surface area contributed by atoms with Crippen molar-refractivity contribution in [2.75, 3.05) is 18.4 Å². The third kappa shape index (κ3) is 4.30. The van der Waals surface area contributed by atoms with E-state index in [-0.39, 0.29) is 28.7 Å². The SMILES string of the molecule is Cc1ccc(C(=O)N2CC3CCC2(CNc2cnc(C(F)(F)F)cn2)C3)c(-c2ncccc2F)n1. The van der Waals surface area contributed by atoms with Crippen molar-refractivity contribution in [3.05, 3.63) is 65.6 Å². The van der Waals surface area contributed by atoms with Crippen LogP contribution in [0.3, 0.4) is 0 Å². The van der Waals surface area contributed by atoms with Gasteiger partial charge in [-0.05, 0) is 56.4 Å². The zero-order valence-electron chi connectivity index (χ0n) is 18.8. The number of carbonyl (C=O) groups excluding carboxylic acids is 1. The minimum absolute atomic E-state index is 0.0103. The van der Waals surface area contributed by atoms with E-state index < -0.39 is 23.2 Å². The number of aryl methyl sites for hydroxylation is 1. The van der Waals surface area contributed by atoms with Gasteiger partial charge in [0.1, 0.15) is 17.2 Å². The van der Waals surface area contributed by atoms with Crippen LogP contribution in [0.4, 0.5) is 23.4 Å². The van der Waals surface area contributed by atoms with Gasteiger partial charge in [-0.2, -0.15) is 13.2 Å². The standard InChI is InChI=1S/C24H22F4N6O/c1-14-4-5-16(20(33-14)21-17(25)3-2-8-29-21)22(35)34-12-15-6-7-23(34,9-15)13-32-19-11-30-18(10-31-19)24(26,27)28/h2-5,8,10-11,15H,6-7,9,12-13H2,1H3,(H,31,32). The Hall–Kier alpha value is -3.63. The molecular weight excluding hydrogens is 464 g/mol. The van der Waals surface area contributed by atoms with E-state index in [2.05, 4.69) is 25.3 Å². The van der Waals surface area contributed by atoms with Crippen LogP contribution in [-0.4, -0.2) is 49.4 Å². The summed E-state index contributed by atoms with van der Waals surface area (Å²) >= 11 is 0. The van der Waals surface area contributed by atoms with Crippen molar-refractivity contribution in [1.29, 1.82) is 0 Å². The number of hydrogen-bond donors (Lipinski definition) is 1. The molecule has 0 radical (unpaired) electrons. The van der Waals surface area contributed by atoms with E-state index in [0.29, 0.717) is 30.9 Å². The number of likely N-dealkylation sites (tertiary alicyclic amines) is 1. The molecule has 0 aromatic carbocycles. The number of aromatic nitrogens is 4. The number of fused-ring (bicyclic) bond motifs is 2. The summed E-state index contributed by atoms with van der Waals surface area (Å²) in [6.07, 6.45) is 1.04. The summed E-state index contributed by atoms with van der Waals surface area (Å²) in [5.41, 5.74) is -0.530. The Kier molecular flexibility index (Phi) is 5.65. The van der Waals surface area contributed by atoms with Gasteiger partial charge in [0, 0.05) is 25.0 Å². The lowest BCUT2D eigenvalue weighted by Crippen LogP contribution is -2.52. The Labute approximate surface area is 198 Å². The number of amides is 1. The molecule has 2 fully saturated rings. The van der Waals surface area contributed by atoms with Crippen molar-refractivity contribution in [2.45, 2.75) is 37.9 Å². The van der Waals surface area contributed by atoms with E-state index in [9.17, 15) is 22.4 Å². The molecular formula is C24H22F4N6O. The minimum atomic E-state index is -4.57. The molecule has 2 unspecified atom stereocenters. The van der Waals surface area contributed by atoms with Crippen LogP contribution in [0.2, 0.25) is 0 Å². The fourth-order valence-electron chi connectivity index (χ4n) is 5.06. The quantitative estimate of drug-likeness (QED) is 0.535. The molecule has 1 amide bonds. The highest BCUT2D eigenvalue weighted by molar-refractivity contribution is 6.00. The van der Waals surface area contributed by atoms with Crippen molar-refractivity contribution >= 4 is 11.7 Å². The van der Waals surface area contributed by atoms with Crippen LogP contribution in [0.5, 0.6) is 0 Å². The molecule has 0 spiro atoms. The lowest BCUT2D eigenvalue weighted by Gasteiger charge is -2.39. The first kappa shape index (κ1) is 23.1. The van der Waals surface area contributed by atoms with Crippen molar-refractivity contribution in [3.63, 3.8) is 0 Å². The van der Waals surface area contributed by atoms with Crippen LogP contribution in [0, 0.1) is 18.7 Å². The summed E-state index contributed by atoms with van der Waals surface area (Å²) in [5.74, 6) is -0.337. The summed E-state index contributed by atoms with van der Waals surface area (Å²) in [7, 11) is 0. The highest BCUT2D eigenvalue weighted by atomic mass is 19.4. The molecule has 2 atom stereocenters. The van der Waals surface area contributed by atoms with E-state index in [1.165, 1.54) is 18.3 Å². The normalized spacial score (nSPS) is 21.4. The first-order valence-electron chi connectivity index (χ1n) is 11.2. The summed E-state index contributed by atoms with van der Waals surface area (Å²) in [6, 6.07) is 6.09. The molecule has 2 bridgehead atoms. The topological polar surface area (TPSA) is 83.9 Å². The molecule has 3 aromatic rings. The molecule has 4 heterocycles. The monoisotopic (exact) mass is 486 g/mol. The summed E-state index contributed by atoms with van der Waals surface area (Å²) < 4.78 is 52.9. The van der Waals surface area contributed by atoms with Crippen LogP contribution in [0.1, 0.15) is 41.0 Å². The van der Waals surface area contributed by atoms with Gasteiger partial charge in [-0.25, -0.2) is 14.4 Å². The smallest absolute Gasteiger partial charge is 0.366 e. The summed E-state index contributed by atoms with van der Waals surface area (Å²) in [6.45, 7) is 2.60. The molecule has 1 saturated heterocycles. The van der Waals surface area contributed by atoms with Crippen LogP contribution in [0.25, 0.3) is 11.4 Å². The zero-order chi connectivity index (χ0) is 24.8. The van der Waals surface area contributed by atoms with Gasteiger partial charge in [0.25, 0.3) is 5.91 Å². The second-order valence-corrected chi connectivity index (χ2v) is 9.07. The minimum Gasteiger partial charge on any atom is -0.366 e. The summed E-state index contributed by atoms with van der Waals surface area (Å²) in [4.78, 5) is 31.4. The molecule has 5 rings (SSSR count). The Balaban J connectivity index is 1.41. The van der Waals surface area contributed by atoms with Crippen LogP contribution in [0.15, 0.2) is 42.9 Å². The van der Waals surface area contributed by atoms with E-state index in [0.717, 1.165) is 25.5 Å². The fraction of sp³-hybridized carbons (Fsp3) is 0.375. The second-order valence-electron chi connectivity index (χ2n) is 9.07. The van der Waals surface area contributed by atoms with Gasteiger partial charge in [0.2, 0.25) is 0 Å². The van der Waals surface area contributed by atoms with E-state index in [1.807, 2.05) is 0 Å². The first-order valence-corrected chi connectivity index (χ1v) is 11.2. The largest absolute Gasteiger partial charge is 0.434 e. The Morgan fingerprint density at radius 2 is 2.00 bits per heavy atom.